The molecule has 3 fully saturated rings. The summed E-state index contributed by atoms with van der Waals surface area (Å²) < 4.78 is 32.0. The van der Waals surface area contributed by atoms with Crippen LogP contribution < -0.4 is 68.9 Å². The summed E-state index contributed by atoms with van der Waals surface area (Å²) in [5.74, 6) is -3.06. The molecule has 2 unspecified atom stereocenters. The van der Waals surface area contributed by atoms with Crippen molar-refractivity contribution in [1.29, 1.82) is 0 Å². The van der Waals surface area contributed by atoms with Gasteiger partial charge in [0.15, 0.2) is 17.2 Å². The molecular formula is C22H28FNa2O8P. The predicted octanol–water partition coefficient (Wildman–Crippen LogP) is -5.24. The van der Waals surface area contributed by atoms with Gasteiger partial charge >= 0.3 is 59.1 Å². The van der Waals surface area contributed by atoms with Gasteiger partial charge in [-0.1, -0.05) is 25.5 Å². The van der Waals surface area contributed by atoms with Crippen LogP contribution in [0.3, 0.4) is 0 Å². The van der Waals surface area contributed by atoms with Crippen molar-refractivity contribution in [3.8, 4) is 0 Å². The third-order valence-corrected chi connectivity index (χ3v) is 9.45. The first-order valence-corrected chi connectivity index (χ1v) is 12.3. The van der Waals surface area contributed by atoms with Crippen molar-refractivity contribution < 1.29 is 102 Å². The van der Waals surface area contributed by atoms with E-state index in [1.807, 2.05) is 0 Å². The molecule has 0 aromatic heterocycles. The fourth-order valence-electron chi connectivity index (χ4n) is 7.39. The van der Waals surface area contributed by atoms with Crippen LogP contribution in [-0.2, 0) is 18.7 Å². The summed E-state index contributed by atoms with van der Waals surface area (Å²) in [7, 11) is -5.43. The largest absolute Gasteiger partial charge is 1.00 e. The molecule has 0 spiro atoms. The number of allylic oxidation sites excluding steroid dienone is 4. The number of phosphoric acid groups is 1. The number of phosphoric ester groups is 1. The van der Waals surface area contributed by atoms with E-state index in [1.165, 1.54) is 18.2 Å². The molecule has 4 aliphatic rings. The van der Waals surface area contributed by atoms with E-state index in [0.29, 0.717) is 18.4 Å². The van der Waals surface area contributed by atoms with Crippen molar-refractivity contribution in [1.82, 2.24) is 0 Å². The first-order chi connectivity index (χ1) is 14.6. The number of halogens is 1. The summed E-state index contributed by atoms with van der Waals surface area (Å²) in [4.78, 5) is 46.6. The molecule has 0 aromatic rings. The van der Waals surface area contributed by atoms with Crippen LogP contribution in [0.15, 0.2) is 23.8 Å². The van der Waals surface area contributed by atoms with Crippen molar-refractivity contribution in [2.75, 3.05) is 6.61 Å². The fourth-order valence-corrected chi connectivity index (χ4v) is 7.66. The number of rotatable bonds is 4. The van der Waals surface area contributed by atoms with Crippen molar-refractivity contribution in [3.63, 3.8) is 0 Å². The number of hydrogen-bond donors (Lipinski definition) is 2. The molecule has 0 radical (unpaired) electrons. The molecule has 0 aliphatic heterocycles. The maximum Gasteiger partial charge on any atom is 1.00 e. The van der Waals surface area contributed by atoms with E-state index in [4.69, 9.17) is 0 Å². The Morgan fingerprint density at radius 3 is 2.50 bits per heavy atom. The fraction of sp³-hybridized carbons (Fsp3) is 0.727. The second-order valence-corrected chi connectivity index (χ2v) is 11.5. The maximum atomic E-state index is 17.0. The van der Waals surface area contributed by atoms with E-state index in [1.54, 1.807) is 20.8 Å². The number of aliphatic hydroxyl groups is 2. The monoisotopic (exact) mass is 516 g/mol. The molecule has 4 rings (SSSR count). The molecular weight excluding hydrogens is 488 g/mol. The van der Waals surface area contributed by atoms with Gasteiger partial charge in [0.1, 0.15) is 12.2 Å². The van der Waals surface area contributed by atoms with Crippen LogP contribution in [0.4, 0.5) is 4.39 Å². The van der Waals surface area contributed by atoms with E-state index in [0.717, 1.165) is 0 Å². The number of Topliss-reactive ketones (excluding diaryl/α,β-unsaturated/α-hetero) is 1. The maximum absolute atomic E-state index is 17.0. The second-order valence-electron chi connectivity index (χ2n) is 10.3. The van der Waals surface area contributed by atoms with Crippen molar-refractivity contribution in [2.24, 2.45) is 28.6 Å². The molecule has 34 heavy (non-hydrogen) atoms. The van der Waals surface area contributed by atoms with Crippen LogP contribution in [0.5, 0.6) is 0 Å². The Balaban J connectivity index is 0.00000204. The van der Waals surface area contributed by atoms with Gasteiger partial charge in [-0.05, 0) is 56.6 Å². The topological polar surface area (TPSA) is 147 Å². The van der Waals surface area contributed by atoms with E-state index in [2.05, 4.69) is 4.52 Å². The Kier molecular flexibility index (Phi) is 8.96. The number of carbonyl (C=O) groups excluding carboxylic acids is 2. The molecule has 12 heteroatoms. The Bertz CT molecular complexity index is 984. The van der Waals surface area contributed by atoms with Crippen LogP contribution in [0, 0.1) is 28.6 Å². The minimum absolute atomic E-state index is 0. The van der Waals surface area contributed by atoms with Gasteiger partial charge in [0.25, 0.3) is 0 Å². The second kappa shape index (κ2) is 9.83. The van der Waals surface area contributed by atoms with E-state index < -0.39 is 66.2 Å². The van der Waals surface area contributed by atoms with Gasteiger partial charge in [0.2, 0.25) is 0 Å². The zero-order valence-corrected chi connectivity index (χ0v) is 25.1. The Hall–Kier alpha value is 0.780. The summed E-state index contributed by atoms with van der Waals surface area (Å²) in [6.45, 7) is 3.80. The molecule has 0 heterocycles. The molecule has 2 N–H and O–H groups in total. The third kappa shape index (κ3) is 4.20. The van der Waals surface area contributed by atoms with Crippen LogP contribution >= 0.6 is 7.82 Å². The van der Waals surface area contributed by atoms with E-state index >= 15 is 4.39 Å². The average molecular weight is 516 g/mol. The number of alkyl halides is 1. The van der Waals surface area contributed by atoms with E-state index in [-0.39, 0.29) is 77.7 Å². The molecule has 0 bridgehead atoms. The average Bonchev–Trinajstić information content (AvgIpc) is 2.89. The molecule has 0 saturated heterocycles. The summed E-state index contributed by atoms with van der Waals surface area (Å²) >= 11 is 0. The summed E-state index contributed by atoms with van der Waals surface area (Å²) in [5.41, 5.74) is -6.03. The molecule has 8 atom stereocenters. The van der Waals surface area contributed by atoms with Gasteiger partial charge in [-0.15, -0.1) is 0 Å². The zero-order chi connectivity index (χ0) is 23.9. The number of hydrogen-bond acceptors (Lipinski definition) is 8. The third-order valence-electron chi connectivity index (χ3n) is 9.00. The Morgan fingerprint density at radius 1 is 1.29 bits per heavy atom. The Labute approximate surface area is 242 Å². The van der Waals surface area contributed by atoms with Crippen LogP contribution in [0.2, 0.25) is 0 Å². The minimum atomic E-state index is -5.43. The molecule has 178 valence electrons. The quantitative estimate of drug-likeness (QED) is 0.279. The molecule has 0 aromatic carbocycles. The number of carbonyl (C=O) groups is 2. The summed E-state index contributed by atoms with van der Waals surface area (Å²) in [5, 5.41) is 22.8. The number of ketones is 2. The van der Waals surface area contributed by atoms with Crippen molar-refractivity contribution >= 4 is 19.4 Å². The molecule has 8 nitrogen and oxygen atoms in total. The first kappa shape index (κ1) is 31.0. The van der Waals surface area contributed by atoms with Crippen LogP contribution in [-0.4, -0.2) is 45.8 Å². The Morgan fingerprint density at radius 2 is 1.91 bits per heavy atom. The molecule has 0 amide bonds. The van der Waals surface area contributed by atoms with Crippen LogP contribution in [0.25, 0.3) is 0 Å². The van der Waals surface area contributed by atoms with Gasteiger partial charge in [-0.3, -0.25) is 9.59 Å². The predicted molar refractivity (Wildman–Crippen MR) is 106 cm³/mol. The van der Waals surface area contributed by atoms with Gasteiger partial charge in [-0.2, -0.15) is 0 Å². The van der Waals surface area contributed by atoms with Crippen molar-refractivity contribution in [2.45, 2.75) is 63.8 Å². The van der Waals surface area contributed by atoms with Gasteiger partial charge in [-0.25, -0.2) is 4.39 Å². The van der Waals surface area contributed by atoms with Gasteiger partial charge < -0.3 is 29.1 Å². The molecule has 3 saturated carbocycles. The van der Waals surface area contributed by atoms with Gasteiger partial charge in [0, 0.05) is 16.7 Å². The smallest absolute Gasteiger partial charge is 0.790 e. The number of fused-ring (bicyclic) bond motifs is 5. The van der Waals surface area contributed by atoms with E-state index in [9.17, 15) is 34.2 Å². The SMILES string of the molecule is C[C@H]1CC2C3CCC4=CC(=O)C=C[C@]4(C)[C@@]3(F)[C@@H](O)C[C@]2(C)[C@@]1(O)C(=O)COP(=O)([O-])[O-].[Na+].[Na+]. The molecule has 4 aliphatic carbocycles. The van der Waals surface area contributed by atoms with Crippen molar-refractivity contribution in [3.05, 3.63) is 23.8 Å². The first-order valence-electron chi connectivity index (χ1n) is 10.8. The van der Waals surface area contributed by atoms with Gasteiger partial charge in [0.05, 0.1) is 13.9 Å². The minimum Gasteiger partial charge on any atom is -0.790 e. The summed E-state index contributed by atoms with van der Waals surface area (Å²) in [6.07, 6.45) is 3.54. The summed E-state index contributed by atoms with van der Waals surface area (Å²) in [6, 6.07) is 0. The van der Waals surface area contributed by atoms with Crippen LogP contribution in [0.1, 0.15) is 46.5 Å². The zero-order valence-electron chi connectivity index (χ0n) is 20.2. The standard InChI is InChI=1S/C22H30FO8P.2Na/c1-12-8-16-15-5-4-13-9-14(24)6-7-19(13,2)21(15,23)17(25)10-20(16,3)22(12,27)18(26)11-31-32(28,29)30;;/h6-7,9,12,15-17,25,27H,4-5,8,10-11H2,1-3H3,(H2,28,29,30);;/q;2*+1/p-2/t12-,15?,16?,17-,19-,20-,21-,22-;;/m0../s1. The normalized spacial score (nSPS) is 45.2. The number of aliphatic hydroxyl groups excluding tert-OH is 1.